The number of anilines is 1. The Bertz CT molecular complexity index is 426. The van der Waals surface area contributed by atoms with Gasteiger partial charge in [0, 0.05) is 24.9 Å². The molecule has 0 saturated heterocycles. The van der Waals surface area contributed by atoms with Crippen LogP contribution in [0.1, 0.15) is 25.8 Å². The number of aliphatic hydroxyl groups is 1. The van der Waals surface area contributed by atoms with E-state index in [1.807, 2.05) is 31.2 Å². The molecule has 0 aliphatic heterocycles. The molecular weight excluding hydrogens is 268 g/mol. The predicted molar refractivity (Wildman–Crippen MR) is 84.4 cm³/mol. The molecule has 5 heteroatoms. The molecule has 0 fully saturated rings. The number of nitrogens with one attached hydrogen (secondary N) is 2. The van der Waals surface area contributed by atoms with Crippen LogP contribution in [0.2, 0.25) is 0 Å². The van der Waals surface area contributed by atoms with Gasteiger partial charge in [0.25, 0.3) is 0 Å². The first-order valence-electron chi connectivity index (χ1n) is 7.26. The third-order valence-corrected chi connectivity index (χ3v) is 3.45. The molecule has 0 aliphatic carbocycles. The first kappa shape index (κ1) is 17.6. The van der Waals surface area contributed by atoms with Gasteiger partial charge in [-0.3, -0.25) is 4.79 Å². The van der Waals surface area contributed by atoms with Crippen molar-refractivity contribution in [3.05, 3.63) is 29.8 Å². The van der Waals surface area contributed by atoms with Crippen molar-refractivity contribution in [2.75, 3.05) is 32.2 Å². The van der Waals surface area contributed by atoms with Crippen LogP contribution in [-0.2, 0) is 16.0 Å². The van der Waals surface area contributed by atoms with Gasteiger partial charge in [0.05, 0.1) is 13.2 Å². The second-order valence-electron chi connectivity index (χ2n) is 5.42. The van der Waals surface area contributed by atoms with Gasteiger partial charge in [-0.05, 0) is 37.5 Å². The zero-order valence-electron chi connectivity index (χ0n) is 13.1. The summed E-state index contributed by atoms with van der Waals surface area (Å²) >= 11 is 0. The molecule has 1 aromatic carbocycles. The molecule has 1 unspecified atom stereocenters. The number of benzene rings is 1. The lowest BCUT2D eigenvalue weighted by Crippen LogP contribution is -2.49. The lowest BCUT2D eigenvalue weighted by atomic mass is 9.99. The minimum Gasteiger partial charge on any atom is -0.396 e. The van der Waals surface area contributed by atoms with Gasteiger partial charge in [-0.2, -0.15) is 0 Å². The molecule has 1 aromatic rings. The van der Waals surface area contributed by atoms with E-state index in [0.717, 1.165) is 12.1 Å². The predicted octanol–water partition coefficient (Wildman–Crippen LogP) is 1.56. The van der Waals surface area contributed by atoms with Crippen molar-refractivity contribution in [2.24, 2.45) is 0 Å². The highest BCUT2D eigenvalue weighted by Gasteiger charge is 2.23. The number of carbonyl (C=O) groups is 1. The maximum atomic E-state index is 11.9. The summed E-state index contributed by atoms with van der Waals surface area (Å²) in [5, 5.41) is 15.1. The van der Waals surface area contributed by atoms with Gasteiger partial charge in [-0.1, -0.05) is 19.1 Å². The smallest absolute Gasteiger partial charge is 0.238 e. The van der Waals surface area contributed by atoms with E-state index in [1.165, 1.54) is 5.56 Å². The third kappa shape index (κ3) is 6.25. The first-order valence-corrected chi connectivity index (χ1v) is 7.26. The molecule has 1 amide bonds. The van der Waals surface area contributed by atoms with Gasteiger partial charge in [0.2, 0.25) is 5.91 Å². The van der Waals surface area contributed by atoms with Crippen LogP contribution >= 0.6 is 0 Å². The highest BCUT2D eigenvalue weighted by molar-refractivity contribution is 5.92. The Hall–Kier alpha value is -1.43. The number of carbonyl (C=O) groups excluding carboxylic acids is 1. The number of aliphatic hydroxyl groups excluding tert-OH is 1. The summed E-state index contributed by atoms with van der Waals surface area (Å²) in [6.07, 6.45) is 1.51. The molecule has 0 bridgehead atoms. The maximum Gasteiger partial charge on any atom is 0.238 e. The minimum absolute atomic E-state index is 0.0486. The quantitative estimate of drug-likeness (QED) is 0.646. The topological polar surface area (TPSA) is 70.6 Å². The Labute approximate surface area is 126 Å². The molecule has 0 spiro atoms. The molecule has 1 atom stereocenters. The Morgan fingerprint density at radius 3 is 2.52 bits per heavy atom. The van der Waals surface area contributed by atoms with Crippen molar-refractivity contribution in [3.8, 4) is 0 Å². The van der Waals surface area contributed by atoms with Gasteiger partial charge in [0.1, 0.15) is 0 Å². The Kier molecular flexibility index (Phi) is 7.36. The second kappa shape index (κ2) is 8.77. The molecule has 0 heterocycles. The van der Waals surface area contributed by atoms with E-state index in [1.54, 1.807) is 7.11 Å². The highest BCUT2D eigenvalue weighted by Crippen LogP contribution is 2.11. The fourth-order valence-corrected chi connectivity index (χ4v) is 2.10. The SMILES string of the molecule is CCc1ccc(NC(=O)CNC(C)(CCO)COC)cc1. The molecule has 0 saturated carbocycles. The van der Waals surface area contributed by atoms with Crippen molar-refractivity contribution < 1.29 is 14.6 Å². The van der Waals surface area contributed by atoms with E-state index < -0.39 is 5.54 Å². The zero-order valence-corrected chi connectivity index (χ0v) is 13.1. The number of amides is 1. The van der Waals surface area contributed by atoms with Crippen LogP contribution in [0, 0.1) is 0 Å². The molecule has 1 rings (SSSR count). The Balaban J connectivity index is 2.48. The lowest BCUT2D eigenvalue weighted by Gasteiger charge is -2.29. The van der Waals surface area contributed by atoms with Gasteiger partial charge >= 0.3 is 0 Å². The van der Waals surface area contributed by atoms with Crippen LogP contribution in [-0.4, -0.2) is 43.4 Å². The van der Waals surface area contributed by atoms with Crippen LogP contribution in [0.25, 0.3) is 0 Å². The van der Waals surface area contributed by atoms with E-state index in [4.69, 9.17) is 9.84 Å². The van der Waals surface area contributed by atoms with Gasteiger partial charge in [0.15, 0.2) is 0 Å². The number of rotatable bonds is 9. The van der Waals surface area contributed by atoms with Crippen LogP contribution < -0.4 is 10.6 Å². The van der Waals surface area contributed by atoms with Gasteiger partial charge in [-0.25, -0.2) is 0 Å². The molecule has 0 aromatic heterocycles. The van der Waals surface area contributed by atoms with Gasteiger partial charge < -0.3 is 20.5 Å². The van der Waals surface area contributed by atoms with Crippen LogP contribution in [0.3, 0.4) is 0 Å². The van der Waals surface area contributed by atoms with Gasteiger partial charge in [-0.15, -0.1) is 0 Å². The Morgan fingerprint density at radius 1 is 1.33 bits per heavy atom. The summed E-state index contributed by atoms with van der Waals surface area (Å²) in [5.74, 6) is -0.112. The van der Waals surface area contributed by atoms with Crippen LogP contribution in [0.5, 0.6) is 0 Å². The number of ether oxygens (including phenoxy) is 1. The Morgan fingerprint density at radius 2 is 2.00 bits per heavy atom. The van der Waals surface area contributed by atoms with Crippen molar-refractivity contribution in [1.82, 2.24) is 5.32 Å². The third-order valence-electron chi connectivity index (χ3n) is 3.45. The summed E-state index contributed by atoms with van der Waals surface area (Å²) in [6, 6.07) is 7.81. The molecule has 118 valence electrons. The summed E-state index contributed by atoms with van der Waals surface area (Å²) in [6.45, 7) is 4.68. The molecule has 21 heavy (non-hydrogen) atoms. The fourth-order valence-electron chi connectivity index (χ4n) is 2.10. The second-order valence-corrected chi connectivity index (χ2v) is 5.42. The highest BCUT2D eigenvalue weighted by atomic mass is 16.5. The summed E-state index contributed by atoms with van der Waals surface area (Å²) in [5.41, 5.74) is 1.61. The van der Waals surface area contributed by atoms with Crippen LogP contribution in [0.15, 0.2) is 24.3 Å². The standard InChI is InChI=1S/C16H26N2O3/c1-4-13-5-7-14(8-6-13)18-15(20)11-17-16(2,9-10-19)12-21-3/h5-8,17,19H,4,9-12H2,1-3H3,(H,18,20). The monoisotopic (exact) mass is 294 g/mol. The molecule has 3 N–H and O–H groups in total. The maximum absolute atomic E-state index is 11.9. The van der Waals surface area contributed by atoms with Crippen molar-refractivity contribution in [2.45, 2.75) is 32.2 Å². The summed E-state index contributed by atoms with van der Waals surface area (Å²) < 4.78 is 5.13. The average molecular weight is 294 g/mol. The first-order chi connectivity index (χ1) is 10.0. The van der Waals surface area contributed by atoms with Crippen molar-refractivity contribution >= 4 is 11.6 Å². The van der Waals surface area contributed by atoms with Crippen molar-refractivity contribution in [1.29, 1.82) is 0 Å². The molecule has 5 nitrogen and oxygen atoms in total. The largest absolute Gasteiger partial charge is 0.396 e. The van der Waals surface area contributed by atoms with E-state index in [9.17, 15) is 4.79 Å². The molecular formula is C16H26N2O3. The summed E-state index contributed by atoms with van der Waals surface area (Å²) in [4.78, 5) is 11.9. The van der Waals surface area contributed by atoms with E-state index in [0.29, 0.717) is 13.0 Å². The fraction of sp³-hybridized carbons (Fsp3) is 0.562. The molecule has 0 aliphatic rings. The van der Waals surface area contributed by atoms with E-state index >= 15 is 0 Å². The van der Waals surface area contributed by atoms with E-state index in [-0.39, 0.29) is 19.1 Å². The minimum atomic E-state index is -0.410. The number of hydrogen-bond acceptors (Lipinski definition) is 4. The lowest BCUT2D eigenvalue weighted by molar-refractivity contribution is -0.115. The zero-order chi connectivity index (χ0) is 15.7. The van der Waals surface area contributed by atoms with Crippen LogP contribution in [0.4, 0.5) is 5.69 Å². The number of aryl methyl sites for hydroxylation is 1. The summed E-state index contributed by atoms with van der Waals surface area (Å²) in [7, 11) is 1.60. The number of hydrogen-bond donors (Lipinski definition) is 3. The number of methoxy groups -OCH3 is 1. The normalized spacial score (nSPS) is 13.7. The van der Waals surface area contributed by atoms with E-state index in [2.05, 4.69) is 17.6 Å². The average Bonchev–Trinajstić information content (AvgIpc) is 2.47. The molecule has 0 radical (unpaired) electrons. The van der Waals surface area contributed by atoms with Crippen molar-refractivity contribution in [3.63, 3.8) is 0 Å².